The molecule has 4 nitrogen and oxygen atoms in total. The van der Waals surface area contributed by atoms with Crippen LogP contribution in [0.3, 0.4) is 0 Å². The average Bonchev–Trinajstić information content (AvgIpc) is 2.89. The Kier molecular flexibility index (Phi) is 1.95. The van der Waals surface area contributed by atoms with Crippen molar-refractivity contribution in [1.82, 2.24) is 4.90 Å². The zero-order chi connectivity index (χ0) is 9.47. The molecule has 2 fully saturated rings. The van der Waals surface area contributed by atoms with E-state index in [2.05, 4.69) is 6.92 Å². The van der Waals surface area contributed by atoms with Gasteiger partial charge in [0.25, 0.3) is 0 Å². The van der Waals surface area contributed by atoms with Gasteiger partial charge in [0.15, 0.2) is 0 Å². The summed E-state index contributed by atoms with van der Waals surface area (Å²) >= 11 is 0. The lowest BCUT2D eigenvalue weighted by Crippen LogP contribution is -2.53. The second kappa shape index (κ2) is 2.87. The molecule has 1 saturated carbocycles. The van der Waals surface area contributed by atoms with E-state index in [0.717, 1.165) is 0 Å². The van der Waals surface area contributed by atoms with Crippen LogP contribution in [0.15, 0.2) is 0 Å². The van der Waals surface area contributed by atoms with Crippen LogP contribution in [0.5, 0.6) is 0 Å². The molecule has 1 atom stereocenters. The number of ether oxygens (including phenoxy) is 1. The van der Waals surface area contributed by atoms with E-state index in [-0.39, 0.29) is 11.6 Å². The van der Waals surface area contributed by atoms with Crippen molar-refractivity contribution in [2.75, 3.05) is 19.7 Å². The van der Waals surface area contributed by atoms with E-state index in [1.807, 2.05) is 0 Å². The van der Waals surface area contributed by atoms with Gasteiger partial charge in [-0.15, -0.1) is 0 Å². The fraction of sp³-hybridized carbons (Fsp3) is 0.889. The first-order chi connectivity index (χ1) is 6.18. The maximum absolute atomic E-state index is 11.4. The number of hydrogen-bond donors (Lipinski definition) is 1. The van der Waals surface area contributed by atoms with Gasteiger partial charge in [-0.05, 0) is 25.7 Å². The predicted octanol–water partition coefficient (Wildman–Crippen LogP) is 0.566. The lowest BCUT2D eigenvalue weighted by Gasteiger charge is -2.36. The molecular weight excluding hydrogens is 168 g/mol. The van der Waals surface area contributed by atoms with Crippen LogP contribution in [0.1, 0.15) is 19.8 Å². The summed E-state index contributed by atoms with van der Waals surface area (Å²) in [5.74, 6) is 0.586. The molecule has 4 heteroatoms. The molecule has 0 radical (unpaired) electrons. The number of cyclic esters (lactones) is 1. The van der Waals surface area contributed by atoms with Crippen LogP contribution in [0.4, 0.5) is 4.79 Å². The molecule has 2 N–H and O–H groups in total. The van der Waals surface area contributed by atoms with Crippen molar-refractivity contribution in [3.05, 3.63) is 0 Å². The highest BCUT2D eigenvalue weighted by atomic mass is 16.6. The van der Waals surface area contributed by atoms with Crippen LogP contribution < -0.4 is 5.73 Å². The molecule has 0 aromatic rings. The summed E-state index contributed by atoms with van der Waals surface area (Å²) in [6, 6.07) is 0. The van der Waals surface area contributed by atoms with Gasteiger partial charge in [0.2, 0.25) is 0 Å². The van der Waals surface area contributed by atoms with Gasteiger partial charge in [-0.1, -0.05) is 0 Å². The maximum Gasteiger partial charge on any atom is 0.410 e. The Morgan fingerprint density at radius 1 is 1.69 bits per heavy atom. The van der Waals surface area contributed by atoms with E-state index < -0.39 is 0 Å². The fourth-order valence-corrected chi connectivity index (χ4v) is 2.06. The second-order valence-electron chi connectivity index (χ2n) is 4.10. The first-order valence-electron chi connectivity index (χ1n) is 4.83. The molecule has 1 aliphatic heterocycles. The SMILES string of the molecule is CC(CN)(C1CC1)N1CCOC1=O. The van der Waals surface area contributed by atoms with Crippen molar-refractivity contribution in [2.45, 2.75) is 25.3 Å². The van der Waals surface area contributed by atoms with Crippen LogP contribution in [0.2, 0.25) is 0 Å². The van der Waals surface area contributed by atoms with E-state index in [4.69, 9.17) is 10.5 Å². The van der Waals surface area contributed by atoms with E-state index in [9.17, 15) is 4.79 Å². The monoisotopic (exact) mass is 184 g/mol. The number of carbonyl (C=O) groups is 1. The minimum atomic E-state index is -0.195. The summed E-state index contributed by atoms with van der Waals surface area (Å²) in [6.45, 7) is 3.81. The quantitative estimate of drug-likeness (QED) is 0.697. The highest BCUT2D eigenvalue weighted by Gasteiger charge is 2.48. The van der Waals surface area contributed by atoms with Gasteiger partial charge in [0.05, 0.1) is 12.1 Å². The van der Waals surface area contributed by atoms with Crippen molar-refractivity contribution < 1.29 is 9.53 Å². The molecule has 2 aliphatic rings. The molecular formula is C9H16N2O2. The number of nitrogens with zero attached hydrogens (tertiary/aromatic N) is 1. The van der Waals surface area contributed by atoms with Gasteiger partial charge >= 0.3 is 6.09 Å². The molecule has 74 valence electrons. The Bertz CT molecular complexity index is 228. The van der Waals surface area contributed by atoms with Crippen molar-refractivity contribution in [3.8, 4) is 0 Å². The summed E-state index contributed by atoms with van der Waals surface area (Å²) in [5, 5.41) is 0. The fourth-order valence-electron chi connectivity index (χ4n) is 2.06. The zero-order valence-corrected chi connectivity index (χ0v) is 7.95. The largest absolute Gasteiger partial charge is 0.448 e. The number of nitrogens with two attached hydrogens (primary N) is 1. The molecule has 1 unspecified atom stereocenters. The average molecular weight is 184 g/mol. The summed E-state index contributed by atoms with van der Waals surface area (Å²) in [4.78, 5) is 13.2. The van der Waals surface area contributed by atoms with Crippen LogP contribution >= 0.6 is 0 Å². The third-order valence-corrected chi connectivity index (χ3v) is 3.25. The summed E-state index contributed by atoms with van der Waals surface area (Å²) < 4.78 is 4.92. The molecule has 0 bridgehead atoms. The van der Waals surface area contributed by atoms with E-state index in [1.54, 1.807) is 4.90 Å². The molecule has 1 heterocycles. The van der Waals surface area contributed by atoms with Crippen molar-refractivity contribution in [2.24, 2.45) is 11.7 Å². The Morgan fingerprint density at radius 2 is 2.38 bits per heavy atom. The molecule has 13 heavy (non-hydrogen) atoms. The van der Waals surface area contributed by atoms with Crippen molar-refractivity contribution >= 4 is 6.09 Å². The standard InChI is InChI=1S/C9H16N2O2/c1-9(6-10,7-2-3-7)11-4-5-13-8(11)12/h7H,2-6,10H2,1H3. The molecule has 1 saturated heterocycles. The Balaban J connectivity index is 2.14. The number of amides is 1. The highest BCUT2D eigenvalue weighted by molar-refractivity contribution is 5.70. The third kappa shape index (κ3) is 1.29. The van der Waals surface area contributed by atoms with Crippen molar-refractivity contribution in [1.29, 1.82) is 0 Å². The van der Waals surface area contributed by atoms with E-state index in [0.29, 0.717) is 25.6 Å². The second-order valence-corrected chi connectivity index (χ2v) is 4.10. The normalized spacial score (nSPS) is 27.2. The van der Waals surface area contributed by atoms with Crippen LogP contribution in [-0.4, -0.2) is 36.2 Å². The van der Waals surface area contributed by atoms with Gasteiger partial charge in [-0.25, -0.2) is 4.79 Å². The van der Waals surface area contributed by atoms with Crippen LogP contribution in [0, 0.1) is 5.92 Å². The maximum atomic E-state index is 11.4. The molecule has 2 rings (SSSR count). The molecule has 0 aromatic carbocycles. The van der Waals surface area contributed by atoms with Gasteiger partial charge in [0, 0.05) is 6.54 Å². The number of rotatable bonds is 3. The smallest absolute Gasteiger partial charge is 0.410 e. The van der Waals surface area contributed by atoms with E-state index in [1.165, 1.54) is 12.8 Å². The molecule has 1 aliphatic carbocycles. The molecule has 0 aromatic heterocycles. The minimum absolute atomic E-state index is 0.159. The molecule has 0 spiro atoms. The summed E-state index contributed by atoms with van der Waals surface area (Å²) in [6.07, 6.45) is 2.19. The van der Waals surface area contributed by atoms with E-state index >= 15 is 0 Å². The topological polar surface area (TPSA) is 55.6 Å². The Hall–Kier alpha value is -0.770. The lowest BCUT2D eigenvalue weighted by molar-refractivity contribution is 0.110. The first-order valence-corrected chi connectivity index (χ1v) is 4.83. The van der Waals surface area contributed by atoms with Gasteiger partial charge < -0.3 is 10.5 Å². The van der Waals surface area contributed by atoms with Gasteiger partial charge in [0.1, 0.15) is 6.61 Å². The van der Waals surface area contributed by atoms with Crippen LogP contribution in [0.25, 0.3) is 0 Å². The predicted molar refractivity (Wildman–Crippen MR) is 48.2 cm³/mol. The summed E-state index contributed by atoms with van der Waals surface area (Å²) in [5.41, 5.74) is 5.58. The minimum Gasteiger partial charge on any atom is -0.448 e. The van der Waals surface area contributed by atoms with Gasteiger partial charge in [-0.2, -0.15) is 0 Å². The highest BCUT2D eigenvalue weighted by Crippen LogP contribution is 2.43. The summed E-state index contributed by atoms with van der Waals surface area (Å²) in [7, 11) is 0. The Morgan fingerprint density at radius 3 is 2.77 bits per heavy atom. The molecule has 1 amide bonds. The van der Waals surface area contributed by atoms with Crippen molar-refractivity contribution in [3.63, 3.8) is 0 Å². The van der Waals surface area contributed by atoms with Gasteiger partial charge in [-0.3, -0.25) is 4.90 Å². The number of hydrogen-bond acceptors (Lipinski definition) is 3. The first kappa shape index (κ1) is 8.81. The Labute approximate surface area is 78.0 Å². The lowest BCUT2D eigenvalue weighted by atomic mass is 9.94. The number of carbonyl (C=O) groups excluding carboxylic acids is 1. The third-order valence-electron chi connectivity index (χ3n) is 3.25. The van der Waals surface area contributed by atoms with Crippen LogP contribution in [-0.2, 0) is 4.74 Å². The zero-order valence-electron chi connectivity index (χ0n) is 7.95.